The maximum absolute atomic E-state index is 12.6. The Bertz CT molecular complexity index is 1040. The van der Waals surface area contributed by atoms with Crippen LogP contribution in [-0.2, 0) is 14.8 Å². The molecule has 0 saturated carbocycles. The minimum atomic E-state index is -3.87. The Balaban J connectivity index is 2.25. The Kier molecular flexibility index (Phi) is 7.22. The summed E-state index contributed by atoms with van der Waals surface area (Å²) in [5.74, 6) is 0.507. The number of anilines is 1. The van der Waals surface area contributed by atoms with Crippen molar-refractivity contribution in [2.45, 2.75) is 13.0 Å². The van der Waals surface area contributed by atoms with Gasteiger partial charge in [0.1, 0.15) is 18.0 Å². The molecule has 0 bridgehead atoms. The Hall–Kier alpha value is -3.34. The molecule has 0 aliphatic rings. The maximum atomic E-state index is 12.6. The van der Waals surface area contributed by atoms with Gasteiger partial charge in [0.25, 0.3) is 5.69 Å². The van der Waals surface area contributed by atoms with Gasteiger partial charge in [-0.3, -0.25) is 19.2 Å². The van der Waals surface area contributed by atoms with E-state index < -0.39 is 33.4 Å². The van der Waals surface area contributed by atoms with E-state index in [-0.39, 0.29) is 11.4 Å². The number of nitro benzene ring substituents is 1. The van der Waals surface area contributed by atoms with E-state index in [0.29, 0.717) is 17.1 Å². The number of nitrogens with zero attached hydrogens (tertiary/aromatic N) is 2. The Morgan fingerprint density at radius 1 is 1.20 bits per heavy atom. The van der Waals surface area contributed by atoms with Crippen LogP contribution in [0.5, 0.6) is 11.5 Å². The fourth-order valence-corrected chi connectivity index (χ4v) is 3.68. The van der Waals surface area contributed by atoms with Gasteiger partial charge in [-0.1, -0.05) is 6.07 Å². The first kappa shape index (κ1) is 22.9. The Morgan fingerprint density at radius 2 is 1.90 bits per heavy atom. The fraction of sp³-hybridized carbons (Fsp3) is 0.316. The number of hydrogen-bond donors (Lipinski definition) is 1. The van der Waals surface area contributed by atoms with Crippen molar-refractivity contribution in [3.63, 3.8) is 0 Å². The van der Waals surface area contributed by atoms with Crippen LogP contribution in [0.1, 0.15) is 18.5 Å². The summed E-state index contributed by atoms with van der Waals surface area (Å²) in [4.78, 5) is 23.0. The zero-order chi connectivity index (χ0) is 22.5. The highest BCUT2D eigenvalue weighted by molar-refractivity contribution is 7.92. The first-order valence-corrected chi connectivity index (χ1v) is 10.6. The molecule has 11 heteroatoms. The van der Waals surface area contributed by atoms with Gasteiger partial charge in [-0.2, -0.15) is 0 Å². The van der Waals surface area contributed by atoms with Crippen molar-refractivity contribution in [2.75, 3.05) is 31.3 Å². The molecule has 0 radical (unpaired) electrons. The summed E-state index contributed by atoms with van der Waals surface area (Å²) >= 11 is 0. The molecule has 1 atom stereocenters. The number of nitro groups is 1. The molecule has 0 fully saturated rings. The van der Waals surface area contributed by atoms with Crippen molar-refractivity contribution in [3.05, 3.63) is 58.1 Å². The molecule has 0 heterocycles. The summed E-state index contributed by atoms with van der Waals surface area (Å²) < 4.78 is 35.8. The Morgan fingerprint density at radius 3 is 2.47 bits per heavy atom. The van der Waals surface area contributed by atoms with Crippen molar-refractivity contribution in [3.8, 4) is 11.5 Å². The summed E-state index contributed by atoms with van der Waals surface area (Å²) in [5, 5.41) is 13.7. The normalized spacial score (nSPS) is 12.0. The van der Waals surface area contributed by atoms with Crippen molar-refractivity contribution >= 4 is 27.3 Å². The van der Waals surface area contributed by atoms with Crippen LogP contribution in [0.15, 0.2) is 42.5 Å². The first-order valence-electron chi connectivity index (χ1n) is 8.80. The third-order valence-corrected chi connectivity index (χ3v) is 5.44. The molecular formula is C19H23N3O7S. The van der Waals surface area contributed by atoms with Gasteiger partial charge in [0, 0.05) is 17.7 Å². The summed E-state index contributed by atoms with van der Waals surface area (Å²) in [6.07, 6.45) is 0.924. The number of amides is 1. The molecule has 0 aromatic heterocycles. The van der Waals surface area contributed by atoms with E-state index in [1.165, 1.54) is 32.4 Å². The van der Waals surface area contributed by atoms with Gasteiger partial charge in [-0.15, -0.1) is 0 Å². The highest BCUT2D eigenvalue weighted by Gasteiger charge is 2.24. The van der Waals surface area contributed by atoms with Gasteiger partial charge in [-0.05, 0) is 31.2 Å². The average molecular weight is 437 g/mol. The smallest absolute Gasteiger partial charge is 0.271 e. The molecule has 0 spiro atoms. The number of carbonyl (C=O) groups is 1. The van der Waals surface area contributed by atoms with Gasteiger partial charge >= 0.3 is 0 Å². The summed E-state index contributed by atoms with van der Waals surface area (Å²) in [5.41, 5.74) is 0.385. The van der Waals surface area contributed by atoms with E-state index in [0.717, 1.165) is 16.6 Å². The minimum absolute atomic E-state index is 0.0217. The molecule has 2 aromatic carbocycles. The van der Waals surface area contributed by atoms with Gasteiger partial charge < -0.3 is 14.8 Å². The van der Waals surface area contributed by atoms with Gasteiger partial charge in [0.05, 0.1) is 37.1 Å². The second-order valence-electron chi connectivity index (χ2n) is 6.44. The van der Waals surface area contributed by atoms with Crippen LogP contribution in [0, 0.1) is 10.1 Å². The van der Waals surface area contributed by atoms with Crippen molar-refractivity contribution < 1.29 is 27.6 Å². The number of ether oxygens (including phenoxy) is 2. The molecule has 0 saturated heterocycles. The molecule has 1 N–H and O–H groups in total. The van der Waals surface area contributed by atoms with Crippen LogP contribution < -0.4 is 19.1 Å². The molecule has 2 rings (SSSR count). The minimum Gasteiger partial charge on any atom is -0.497 e. The highest BCUT2D eigenvalue weighted by atomic mass is 32.2. The number of nitrogens with one attached hydrogen (secondary N) is 1. The molecule has 1 amide bonds. The third kappa shape index (κ3) is 5.60. The summed E-state index contributed by atoms with van der Waals surface area (Å²) in [6.45, 7) is 1.17. The second-order valence-corrected chi connectivity index (χ2v) is 8.35. The van der Waals surface area contributed by atoms with E-state index in [1.807, 2.05) is 0 Å². The van der Waals surface area contributed by atoms with Crippen LogP contribution in [0.4, 0.5) is 11.4 Å². The first-order chi connectivity index (χ1) is 14.1. The number of carbonyl (C=O) groups excluding carboxylic acids is 1. The zero-order valence-corrected chi connectivity index (χ0v) is 17.8. The largest absolute Gasteiger partial charge is 0.497 e. The number of hydrogen-bond acceptors (Lipinski definition) is 7. The lowest BCUT2D eigenvalue weighted by Crippen LogP contribution is -2.41. The number of rotatable bonds is 9. The lowest BCUT2D eigenvalue weighted by atomic mass is 10.1. The molecule has 162 valence electrons. The monoisotopic (exact) mass is 437 g/mol. The van der Waals surface area contributed by atoms with Gasteiger partial charge in [0.2, 0.25) is 15.9 Å². The molecule has 0 aliphatic heterocycles. The quantitative estimate of drug-likeness (QED) is 0.471. The zero-order valence-electron chi connectivity index (χ0n) is 17.0. The average Bonchev–Trinajstić information content (AvgIpc) is 2.70. The molecule has 30 heavy (non-hydrogen) atoms. The third-order valence-electron chi connectivity index (χ3n) is 4.30. The van der Waals surface area contributed by atoms with E-state index in [4.69, 9.17) is 9.47 Å². The van der Waals surface area contributed by atoms with E-state index in [9.17, 15) is 23.3 Å². The van der Waals surface area contributed by atoms with Crippen LogP contribution in [0.3, 0.4) is 0 Å². The lowest BCUT2D eigenvalue weighted by molar-refractivity contribution is -0.384. The van der Waals surface area contributed by atoms with Crippen molar-refractivity contribution in [1.82, 2.24) is 5.32 Å². The van der Waals surface area contributed by atoms with Crippen LogP contribution in [0.2, 0.25) is 0 Å². The molecule has 0 aliphatic carbocycles. The van der Waals surface area contributed by atoms with E-state index >= 15 is 0 Å². The van der Waals surface area contributed by atoms with Crippen LogP contribution in [0.25, 0.3) is 0 Å². The van der Waals surface area contributed by atoms with Crippen molar-refractivity contribution in [1.29, 1.82) is 0 Å². The second kappa shape index (κ2) is 9.44. The van der Waals surface area contributed by atoms with Crippen LogP contribution >= 0.6 is 0 Å². The number of non-ortho nitro benzene ring substituents is 1. The summed E-state index contributed by atoms with van der Waals surface area (Å²) in [7, 11) is -0.869. The van der Waals surface area contributed by atoms with E-state index in [2.05, 4.69) is 5.32 Å². The highest BCUT2D eigenvalue weighted by Crippen LogP contribution is 2.29. The fourth-order valence-electron chi connectivity index (χ4n) is 2.83. The number of sulfonamides is 1. The van der Waals surface area contributed by atoms with Crippen LogP contribution in [-0.4, -0.2) is 46.3 Å². The maximum Gasteiger partial charge on any atom is 0.271 e. The molecular weight excluding hydrogens is 414 g/mol. The topological polar surface area (TPSA) is 128 Å². The molecule has 2 aromatic rings. The van der Waals surface area contributed by atoms with Crippen molar-refractivity contribution in [2.24, 2.45) is 0 Å². The molecule has 10 nitrogen and oxygen atoms in total. The van der Waals surface area contributed by atoms with E-state index in [1.54, 1.807) is 25.1 Å². The summed E-state index contributed by atoms with van der Waals surface area (Å²) in [6, 6.07) is 9.67. The molecule has 1 unspecified atom stereocenters. The number of benzene rings is 2. The number of methoxy groups -OCH3 is 2. The standard InChI is InChI=1S/C19H23N3O7S/c1-13(17-11-16(28-2)8-9-18(17)29-3)20-19(23)12-21(30(4,26)27)14-6-5-7-15(10-14)22(24)25/h5-11,13H,12H2,1-4H3,(H,20,23). The predicted molar refractivity (Wildman–Crippen MR) is 111 cm³/mol. The predicted octanol–water partition coefficient (Wildman–Crippen LogP) is 2.26. The van der Waals surface area contributed by atoms with Gasteiger partial charge in [0.15, 0.2) is 0 Å². The SMILES string of the molecule is COc1ccc(OC)c(C(C)NC(=O)CN(c2cccc([N+](=O)[O-])c2)S(C)(=O)=O)c1. The lowest BCUT2D eigenvalue weighted by Gasteiger charge is -2.23. The Labute approximate surface area is 174 Å². The van der Waals surface area contributed by atoms with Gasteiger partial charge in [-0.25, -0.2) is 8.42 Å².